The van der Waals surface area contributed by atoms with Crippen molar-refractivity contribution in [3.05, 3.63) is 35.9 Å². The van der Waals surface area contributed by atoms with Crippen molar-refractivity contribution in [3.63, 3.8) is 0 Å². The van der Waals surface area contributed by atoms with E-state index in [1.807, 2.05) is 23.1 Å². The van der Waals surface area contributed by atoms with Crippen LogP contribution < -0.4 is 10.6 Å². The van der Waals surface area contributed by atoms with Crippen molar-refractivity contribution in [2.24, 2.45) is 16.8 Å². The van der Waals surface area contributed by atoms with Crippen molar-refractivity contribution in [3.8, 4) is 0 Å². The Morgan fingerprint density at radius 2 is 2.09 bits per heavy atom. The molecule has 0 aromatic heterocycles. The predicted octanol–water partition coefficient (Wildman–Crippen LogP) is 2.69. The van der Waals surface area contributed by atoms with Crippen LogP contribution in [0.5, 0.6) is 0 Å². The predicted molar refractivity (Wildman–Crippen MR) is 139 cm³/mol. The molecule has 2 aliphatic heterocycles. The molecule has 32 heavy (non-hydrogen) atoms. The van der Waals surface area contributed by atoms with Gasteiger partial charge in [0.1, 0.15) is 0 Å². The lowest BCUT2D eigenvalue weighted by atomic mass is 10.1. The van der Waals surface area contributed by atoms with Gasteiger partial charge in [0, 0.05) is 64.2 Å². The zero-order valence-electron chi connectivity index (χ0n) is 19.3. The average molecular weight is 559 g/mol. The average Bonchev–Trinajstić information content (AvgIpc) is 3.43. The molecule has 0 bridgehead atoms. The highest BCUT2D eigenvalue weighted by atomic mass is 127. The minimum absolute atomic E-state index is 0. The number of nitrogens with zero attached hydrogens (tertiary/aromatic N) is 2. The van der Waals surface area contributed by atoms with Gasteiger partial charge in [-0.2, -0.15) is 0 Å². The number of halogens is 1. The maximum atomic E-state index is 12.4. The van der Waals surface area contributed by atoms with Crippen molar-refractivity contribution in [2.45, 2.75) is 32.6 Å². The number of hydrogen-bond donors (Lipinski definition) is 2. The molecule has 2 N–H and O–H groups in total. The van der Waals surface area contributed by atoms with Crippen LogP contribution in [0.15, 0.2) is 35.3 Å². The zero-order valence-corrected chi connectivity index (χ0v) is 21.6. The van der Waals surface area contributed by atoms with E-state index < -0.39 is 0 Å². The van der Waals surface area contributed by atoms with Gasteiger partial charge in [-0.15, -0.1) is 24.0 Å². The number of ether oxygens (including phenoxy) is 2. The molecule has 2 saturated heterocycles. The number of amides is 1. The third kappa shape index (κ3) is 9.62. The zero-order chi connectivity index (χ0) is 21.7. The van der Waals surface area contributed by atoms with Gasteiger partial charge in [0.15, 0.2) is 5.96 Å². The maximum absolute atomic E-state index is 12.4. The van der Waals surface area contributed by atoms with E-state index in [1.54, 1.807) is 0 Å². The van der Waals surface area contributed by atoms with E-state index in [0.29, 0.717) is 18.9 Å². The molecular formula is C24H39IN4O3. The highest BCUT2D eigenvalue weighted by molar-refractivity contribution is 14.0. The van der Waals surface area contributed by atoms with Gasteiger partial charge in [-0.3, -0.25) is 9.79 Å². The topological polar surface area (TPSA) is 75.2 Å². The lowest BCUT2D eigenvalue weighted by Crippen LogP contribution is -2.38. The normalized spacial score (nSPS) is 21.0. The highest BCUT2D eigenvalue weighted by Crippen LogP contribution is 2.18. The van der Waals surface area contributed by atoms with Gasteiger partial charge in [-0.05, 0) is 31.7 Å². The van der Waals surface area contributed by atoms with Gasteiger partial charge in [-0.1, -0.05) is 30.3 Å². The Labute approximate surface area is 209 Å². The Morgan fingerprint density at radius 3 is 2.84 bits per heavy atom. The van der Waals surface area contributed by atoms with Crippen LogP contribution in [0.4, 0.5) is 0 Å². The molecule has 0 spiro atoms. The summed E-state index contributed by atoms with van der Waals surface area (Å²) in [5.41, 5.74) is 1.27. The third-order valence-electron chi connectivity index (χ3n) is 5.80. The Hall–Kier alpha value is -1.39. The van der Waals surface area contributed by atoms with E-state index in [0.717, 1.165) is 77.8 Å². The third-order valence-corrected chi connectivity index (χ3v) is 5.80. The number of benzene rings is 1. The second kappa shape index (κ2) is 15.4. The molecule has 2 fully saturated rings. The molecule has 0 saturated carbocycles. The minimum Gasteiger partial charge on any atom is -0.381 e. The van der Waals surface area contributed by atoms with Crippen LogP contribution in [0.2, 0.25) is 0 Å². The van der Waals surface area contributed by atoms with Crippen LogP contribution in [0.1, 0.15) is 31.7 Å². The molecule has 2 aliphatic rings. The van der Waals surface area contributed by atoms with Crippen molar-refractivity contribution >= 4 is 35.8 Å². The fourth-order valence-electron chi connectivity index (χ4n) is 4.01. The number of guanidine groups is 1. The number of nitrogens with one attached hydrogen (secondary N) is 2. The first-order valence-electron chi connectivity index (χ1n) is 11.7. The monoisotopic (exact) mass is 558 g/mol. The largest absolute Gasteiger partial charge is 0.381 e. The lowest BCUT2D eigenvalue weighted by molar-refractivity contribution is -0.127. The molecule has 2 heterocycles. The standard InChI is InChI=1S/C24H38N4O3.HI/c1-2-25-24(26-11-6-13-30-18-21-10-14-31-19-21)27-16-22-15-23(29)28(17-22)12-9-20-7-4-3-5-8-20;/h3-5,7-8,21-22H,2,6,9-19H2,1H3,(H2,25,26,27);1H. The molecule has 1 aromatic carbocycles. The molecule has 180 valence electrons. The number of aliphatic imine (C=N–C) groups is 1. The quantitative estimate of drug-likeness (QED) is 0.179. The van der Waals surface area contributed by atoms with E-state index in [4.69, 9.17) is 14.5 Å². The van der Waals surface area contributed by atoms with Gasteiger partial charge in [0.2, 0.25) is 5.91 Å². The first-order chi connectivity index (χ1) is 15.2. The fraction of sp³-hybridized carbons (Fsp3) is 0.667. The van der Waals surface area contributed by atoms with E-state index in [1.165, 1.54) is 5.56 Å². The van der Waals surface area contributed by atoms with Gasteiger partial charge in [-0.25, -0.2) is 0 Å². The van der Waals surface area contributed by atoms with Crippen LogP contribution in [-0.4, -0.2) is 75.9 Å². The molecule has 8 heteroatoms. The Morgan fingerprint density at radius 1 is 1.25 bits per heavy atom. The summed E-state index contributed by atoms with van der Waals surface area (Å²) in [5.74, 6) is 1.92. The van der Waals surface area contributed by atoms with Crippen LogP contribution in [0.25, 0.3) is 0 Å². The molecular weight excluding hydrogens is 519 g/mol. The number of rotatable bonds is 12. The van der Waals surface area contributed by atoms with Crippen LogP contribution >= 0.6 is 24.0 Å². The van der Waals surface area contributed by atoms with Crippen LogP contribution in [0.3, 0.4) is 0 Å². The lowest BCUT2D eigenvalue weighted by Gasteiger charge is -2.16. The van der Waals surface area contributed by atoms with Gasteiger partial charge in [0.05, 0.1) is 13.2 Å². The molecule has 1 aromatic rings. The Kier molecular flexibility index (Phi) is 13.0. The maximum Gasteiger partial charge on any atom is 0.223 e. The molecule has 3 rings (SSSR count). The molecule has 0 aliphatic carbocycles. The Balaban J connectivity index is 0.00000363. The summed E-state index contributed by atoms with van der Waals surface area (Å²) in [7, 11) is 0. The summed E-state index contributed by atoms with van der Waals surface area (Å²) in [6, 6.07) is 10.3. The molecule has 1 amide bonds. The summed E-state index contributed by atoms with van der Waals surface area (Å²) < 4.78 is 11.1. The first-order valence-corrected chi connectivity index (χ1v) is 11.7. The summed E-state index contributed by atoms with van der Waals surface area (Å²) in [6.07, 6.45) is 3.55. The van der Waals surface area contributed by atoms with Crippen LogP contribution in [0, 0.1) is 11.8 Å². The SMILES string of the molecule is CCNC(=NCC1CC(=O)N(CCc2ccccc2)C1)NCCCOCC1CCOC1.I. The first kappa shape index (κ1) is 26.9. The van der Waals surface area contributed by atoms with Crippen LogP contribution in [-0.2, 0) is 20.7 Å². The molecule has 7 nitrogen and oxygen atoms in total. The number of carbonyl (C=O) groups excluding carboxylic acids is 1. The van der Waals surface area contributed by atoms with Gasteiger partial charge in [0.25, 0.3) is 0 Å². The van der Waals surface area contributed by atoms with Gasteiger partial charge < -0.3 is 25.0 Å². The van der Waals surface area contributed by atoms with Crippen molar-refractivity contribution in [1.82, 2.24) is 15.5 Å². The minimum atomic E-state index is 0. The molecule has 2 unspecified atom stereocenters. The van der Waals surface area contributed by atoms with Crippen molar-refractivity contribution in [1.29, 1.82) is 0 Å². The Bertz CT molecular complexity index is 683. The molecule has 0 radical (unpaired) electrons. The number of carbonyl (C=O) groups is 1. The number of likely N-dealkylation sites (tertiary alicyclic amines) is 1. The van der Waals surface area contributed by atoms with Crippen molar-refractivity contribution < 1.29 is 14.3 Å². The van der Waals surface area contributed by atoms with Crippen molar-refractivity contribution in [2.75, 3.05) is 59.2 Å². The van der Waals surface area contributed by atoms with Gasteiger partial charge >= 0.3 is 0 Å². The smallest absolute Gasteiger partial charge is 0.223 e. The summed E-state index contributed by atoms with van der Waals surface area (Å²) >= 11 is 0. The van der Waals surface area contributed by atoms with E-state index in [9.17, 15) is 4.79 Å². The van der Waals surface area contributed by atoms with E-state index >= 15 is 0 Å². The molecule has 2 atom stereocenters. The van der Waals surface area contributed by atoms with E-state index in [2.05, 4.69) is 29.7 Å². The second-order valence-corrected chi connectivity index (χ2v) is 8.45. The number of hydrogen-bond acceptors (Lipinski definition) is 4. The fourth-order valence-corrected chi connectivity index (χ4v) is 4.01. The van der Waals surface area contributed by atoms with E-state index in [-0.39, 0.29) is 35.8 Å². The second-order valence-electron chi connectivity index (χ2n) is 8.45. The highest BCUT2D eigenvalue weighted by Gasteiger charge is 2.29. The summed E-state index contributed by atoms with van der Waals surface area (Å²) in [4.78, 5) is 19.1. The summed E-state index contributed by atoms with van der Waals surface area (Å²) in [5, 5.41) is 6.67. The summed E-state index contributed by atoms with van der Waals surface area (Å²) in [6.45, 7) is 9.20.